The van der Waals surface area contributed by atoms with Crippen LogP contribution in [0.3, 0.4) is 0 Å². The minimum absolute atomic E-state index is 0.406. The van der Waals surface area contributed by atoms with Crippen LogP contribution in [-0.2, 0) is 19.2 Å². The summed E-state index contributed by atoms with van der Waals surface area (Å²) in [6.07, 6.45) is 0. The fraction of sp³-hybridized carbons (Fsp3) is 0.238. The lowest BCUT2D eigenvalue weighted by molar-refractivity contribution is -0.133. The molecule has 0 unspecified atom stereocenters. The van der Waals surface area contributed by atoms with Crippen LogP contribution in [0.25, 0.3) is 0 Å². The second-order valence-corrected chi connectivity index (χ2v) is 5.71. The zero-order valence-electron chi connectivity index (χ0n) is 19.2. The van der Waals surface area contributed by atoms with Crippen molar-refractivity contribution in [3.63, 3.8) is 0 Å². The van der Waals surface area contributed by atoms with E-state index in [2.05, 4.69) is 26.3 Å². The summed E-state index contributed by atoms with van der Waals surface area (Å²) in [6.45, 7) is 10.0. The van der Waals surface area contributed by atoms with Gasteiger partial charge in [-0.15, -0.1) is 0 Å². The highest BCUT2D eigenvalue weighted by Crippen LogP contribution is 2.11. The predicted octanol–water partition coefficient (Wildman–Crippen LogP) is -1.45. The van der Waals surface area contributed by atoms with E-state index in [0.29, 0.717) is 0 Å². The SMILES string of the molecule is C=C(C#N)C(=O)O.C=C(C#N)C(=O)O.C=C(C#N)C(=O)O.C=C(C#N)C(=O)O.OCC(CO)(CO)CO. The molecule has 200 valence electrons. The summed E-state index contributed by atoms with van der Waals surface area (Å²) in [5, 5.41) is 96.5. The normalized spacial score (nSPS) is 8.00. The molecule has 0 saturated carbocycles. The molecule has 0 fully saturated rings. The number of nitrogens with zero attached hydrogens (tertiary/aromatic N) is 4. The van der Waals surface area contributed by atoms with Gasteiger partial charge in [-0.1, -0.05) is 26.3 Å². The summed E-state index contributed by atoms with van der Waals surface area (Å²) in [5.74, 6) is -5.05. The smallest absolute Gasteiger partial charge is 0.345 e. The molecule has 0 aromatic carbocycles. The molecule has 0 aliphatic heterocycles. The molecule has 16 heteroatoms. The van der Waals surface area contributed by atoms with Crippen LogP contribution in [-0.4, -0.2) is 91.2 Å². The van der Waals surface area contributed by atoms with Gasteiger partial charge in [0, 0.05) is 0 Å². The van der Waals surface area contributed by atoms with Crippen molar-refractivity contribution in [1.82, 2.24) is 0 Å². The Morgan fingerprint density at radius 3 is 0.622 bits per heavy atom. The third kappa shape index (κ3) is 26.8. The van der Waals surface area contributed by atoms with Gasteiger partial charge in [0.05, 0.1) is 31.8 Å². The lowest BCUT2D eigenvalue weighted by atomic mass is 9.93. The Balaban J connectivity index is -0.000000116. The van der Waals surface area contributed by atoms with Crippen LogP contribution in [0, 0.1) is 50.7 Å². The van der Waals surface area contributed by atoms with Gasteiger partial charge >= 0.3 is 23.9 Å². The number of carbonyl (C=O) groups is 4. The van der Waals surface area contributed by atoms with E-state index in [1.807, 2.05) is 0 Å². The average Bonchev–Trinajstić information content (AvgIpc) is 2.89. The first-order valence-corrected chi connectivity index (χ1v) is 8.70. The summed E-state index contributed by atoms with van der Waals surface area (Å²) in [6, 6.07) is 5.48. The Morgan fingerprint density at radius 1 is 0.486 bits per heavy atom. The molecule has 0 amide bonds. The molecule has 0 spiro atoms. The number of carboxylic acid groups (broad SMARTS) is 4. The molecule has 0 radical (unpaired) electrons. The Bertz CT molecular complexity index is 855. The second-order valence-electron chi connectivity index (χ2n) is 5.71. The molecular weight excluding hydrogens is 500 g/mol. The van der Waals surface area contributed by atoms with Gasteiger partial charge in [0.15, 0.2) is 0 Å². The van der Waals surface area contributed by atoms with E-state index in [9.17, 15) is 19.2 Å². The quantitative estimate of drug-likeness (QED) is 0.133. The molecule has 0 aromatic rings. The molecule has 8 N–H and O–H groups in total. The number of aliphatic carboxylic acids is 4. The molecule has 0 atom stereocenters. The number of aliphatic hydroxyl groups excluding tert-OH is 4. The number of carboxylic acids is 4. The standard InChI is InChI=1S/C5H12O4.4C4H3NO2/c6-1-5(2-7,3-8)4-9;4*1-3(2-5)4(6)7/h6-9H,1-4H2;4*1H2,(H,6,7). The van der Waals surface area contributed by atoms with Crippen LogP contribution >= 0.6 is 0 Å². The van der Waals surface area contributed by atoms with Crippen molar-refractivity contribution in [2.45, 2.75) is 0 Å². The third-order valence-electron chi connectivity index (χ3n) is 2.91. The molecule has 0 heterocycles. The number of rotatable bonds is 8. The Morgan fingerprint density at radius 2 is 0.622 bits per heavy atom. The number of nitriles is 4. The molecule has 0 rings (SSSR count). The maximum absolute atomic E-state index is 9.61. The maximum Gasteiger partial charge on any atom is 0.345 e. The van der Waals surface area contributed by atoms with Gasteiger partial charge in [0.1, 0.15) is 46.6 Å². The first kappa shape index (κ1) is 41.9. The Labute approximate surface area is 210 Å². The van der Waals surface area contributed by atoms with E-state index in [1.165, 1.54) is 24.3 Å². The lowest BCUT2D eigenvalue weighted by Crippen LogP contribution is -2.37. The zero-order valence-corrected chi connectivity index (χ0v) is 19.2. The Kier molecular flexibility index (Phi) is 28.6. The minimum Gasteiger partial charge on any atom is -0.477 e. The summed E-state index contributed by atoms with van der Waals surface area (Å²) in [4.78, 5) is 38.4. The third-order valence-corrected chi connectivity index (χ3v) is 2.91. The molecule has 0 saturated heterocycles. The van der Waals surface area contributed by atoms with Crippen molar-refractivity contribution in [3.8, 4) is 24.3 Å². The lowest BCUT2D eigenvalue weighted by Gasteiger charge is -2.23. The van der Waals surface area contributed by atoms with Gasteiger partial charge in [-0.2, -0.15) is 21.0 Å². The fourth-order valence-electron chi connectivity index (χ4n) is 0.491. The van der Waals surface area contributed by atoms with E-state index in [0.717, 1.165) is 0 Å². The van der Waals surface area contributed by atoms with Crippen molar-refractivity contribution in [3.05, 3.63) is 48.6 Å². The topological polar surface area (TPSA) is 325 Å². The van der Waals surface area contributed by atoms with Crippen LogP contribution in [0.1, 0.15) is 0 Å². The predicted molar refractivity (Wildman–Crippen MR) is 120 cm³/mol. The van der Waals surface area contributed by atoms with Crippen molar-refractivity contribution < 1.29 is 60.0 Å². The highest BCUT2D eigenvalue weighted by molar-refractivity contribution is 5.91. The average molecular weight is 524 g/mol. The van der Waals surface area contributed by atoms with Crippen LogP contribution in [0.4, 0.5) is 0 Å². The molecule has 0 bridgehead atoms. The molecule has 0 aliphatic carbocycles. The Hall–Kier alpha value is -5.36. The fourth-order valence-corrected chi connectivity index (χ4v) is 0.491. The van der Waals surface area contributed by atoms with Gasteiger partial charge in [-0.25, -0.2) is 19.2 Å². The van der Waals surface area contributed by atoms with Crippen molar-refractivity contribution in [1.29, 1.82) is 21.0 Å². The van der Waals surface area contributed by atoms with E-state index in [-0.39, 0.29) is 0 Å². The number of hydrogen-bond donors (Lipinski definition) is 8. The van der Waals surface area contributed by atoms with Crippen LogP contribution in [0.5, 0.6) is 0 Å². The molecular formula is C21H24N4O12. The molecule has 16 nitrogen and oxygen atoms in total. The van der Waals surface area contributed by atoms with E-state index < -0.39 is 78.0 Å². The highest BCUT2D eigenvalue weighted by atomic mass is 16.4. The molecule has 0 aromatic heterocycles. The van der Waals surface area contributed by atoms with Gasteiger partial charge in [0.25, 0.3) is 0 Å². The first-order valence-electron chi connectivity index (χ1n) is 8.70. The van der Waals surface area contributed by atoms with Crippen molar-refractivity contribution in [2.24, 2.45) is 5.41 Å². The van der Waals surface area contributed by atoms with Gasteiger partial charge < -0.3 is 40.9 Å². The first-order chi connectivity index (χ1) is 17.0. The molecule has 0 aliphatic rings. The van der Waals surface area contributed by atoms with Gasteiger partial charge in [-0.05, 0) is 0 Å². The van der Waals surface area contributed by atoms with Crippen LogP contribution in [0.2, 0.25) is 0 Å². The zero-order chi connectivity index (χ0) is 30.8. The van der Waals surface area contributed by atoms with Gasteiger partial charge in [-0.3, -0.25) is 0 Å². The van der Waals surface area contributed by atoms with Crippen molar-refractivity contribution >= 4 is 23.9 Å². The van der Waals surface area contributed by atoms with Crippen LogP contribution in [0.15, 0.2) is 48.6 Å². The summed E-state index contributed by atoms with van der Waals surface area (Å²) in [5.41, 5.74) is -2.83. The second kappa shape index (κ2) is 25.3. The largest absolute Gasteiger partial charge is 0.477 e. The minimum atomic E-state index is -1.26. The summed E-state index contributed by atoms with van der Waals surface area (Å²) in [7, 11) is 0. The number of aliphatic hydroxyl groups is 4. The highest BCUT2D eigenvalue weighted by Gasteiger charge is 2.26. The summed E-state index contributed by atoms with van der Waals surface area (Å²) >= 11 is 0. The maximum atomic E-state index is 9.61. The van der Waals surface area contributed by atoms with E-state index in [1.54, 1.807) is 0 Å². The monoisotopic (exact) mass is 524 g/mol. The van der Waals surface area contributed by atoms with Crippen molar-refractivity contribution in [2.75, 3.05) is 26.4 Å². The van der Waals surface area contributed by atoms with E-state index >= 15 is 0 Å². The van der Waals surface area contributed by atoms with E-state index in [4.69, 9.17) is 61.9 Å². The summed E-state index contributed by atoms with van der Waals surface area (Å²) < 4.78 is 0. The molecule has 37 heavy (non-hydrogen) atoms. The van der Waals surface area contributed by atoms with Gasteiger partial charge in [0.2, 0.25) is 0 Å². The number of hydrogen-bond acceptors (Lipinski definition) is 12. The van der Waals surface area contributed by atoms with Crippen LogP contribution < -0.4 is 0 Å².